The molecular weight excluding hydrogens is 300 g/mol. The molecule has 2 heterocycles. The van der Waals surface area contributed by atoms with Gasteiger partial charge in [0.25, 0.3) is 0 Å². The van der Waals surface area contributed by atoms with Crippen LogP contribution in [0.2, 0.25) is 0 Å². The van der Waals surface area contributed by atoms with Gasteiger partial charge in [0.05, 0.1) is 6.54 Å². The first kappa shape index (κ1) is 16.9. The summed E-state index contributed by atoms with van der Waals surface area (Å²) < 4.78 is 5.37. The summed E-state index contributed by atoms with van der Waals surface area (Å²) in [6, 6.07) is 10.2. The number of nitrogens with two attached hydrogens (primary N) is 1. The minimum Gasteiger partial charge on any atom is -0.338 e. The lowest BCUT2D eigenvalue weighted by Gasteiger charge is -2.32. The van der Waals surface area contributed by atoms with E-state index in [1.807, 2.05) is 30.3 Å². The van der Waals surface area contributed by atoms with E-state index in [0.717, 1.165) is 38.0 Å². The van der Waals surface area contributed by atoms with Gasteiger partial charge in [-0.05, 0) is 38.8 Å². The number of halogens is 1. The molecule has 3 rings (SSSR count). The van der Waals surface area contributed by atoms with Crippen molar-refractivity contribution in [3.63, 3.8) is 0 Å². The van der Waals surface area contributed by atoms with Crippen LogP contribution in [0.1, 0.15) is 25.7 Å². The first-order valence-electron chi connectivity index (χ1n) is 7.58. The van der Waals surface area contributed by atoms with Gasteiger partial charge in [-0.2, -0.15) is 4.98 Å². The van der Waals surface area contributed by atoms with Crippen molar-refractivity contribution in [2.45, 2.75) is 32.4 Å². The fourth-order valence-electron chi connectivity index (χ4n) is 2.85. The number of benzene rings is 1. The first-order chi connectivity index (χ1) is 10.2. The molecule has 120 valence electrons. The number of rotatable bonds is 4. The summed E-state index contributed by atoms with van der Waals surface area (Å²) in [6.45, 7) is 4.93. The molecule has 2 aromatic rings. The summed E-state index contributed by atoms with van der Waals surface area (Å²) >= 11 is 0. The van der Waals surface area contributed by atoms with E-state index >= 15 is 0 Å². The van der Waals surface area contributed by atoms with E-state index in [1.54, 1.807) is 0 Å². The van der Waals surface area contributed by atoms with E-state index in [2.05, 4.69) is 22.0 Å². The Morgan fingerprint density at radius 3 is 2.59 bits per heavy atom. The van der Waals surface area contributed by atoms with Gasteiger partial charge in [0.1, 0.15) is 0 Å². The summed E-state index contributed by atoms with van der Waals surface area (Å²) in [5.41, 5.74) is 6.96. The maximum absolute atomic E-state index is 5.97. The largest absolute Gasteiger partial charge is 0.338 e. The predicted octanol–water partition coefficient (Wildman–Crippen LogP) is 2.72. The molecule has 1 aromatic heterocycles. The Labute approximate surface area is 137 Å². The third kappa shape index (κ3) is 4.06. The average Bonchev–Trinajstić information content (AvgIpc) is 2.97. The third-order valence-corrected chi connectivity index (χ3v) is 4.23. The molecular formula is C16H23ClN4O. The van der Waals surface area contributed by atoms with Crippen LogP contribution in [-0.4, -0.2) is 34.2 Å². The number of piperidine rings is 1. The molecule has 22 heavy (non-hydrogen) atoms. The maximum atomic E-state index is 5.97. The van der Waals surface area contributed by atoms with Crippen molar-refractivity contribution in [1.82, 2.24) is 15.0 Å². The average molecular weight is 323 g/mol. The molecule has 0 bridgehead atoms. The van der Waals surface area contributed by atoms with Crippen LogP contribution in [0.5, 0.6) is 0 Å². The van der Waals surface area contributed by atoms with Gasteiger partial charge >= 0.3 is 0 Å². The van der Waals surface area contributed by atoms with E-state index in [4.69, 9.17) is 10.3 Å². The van der Waals surface area contributed by atoms with Gasteiger partial charge in [-0.1, -0.05) is 35.5 Å². The van der Waals surface area contributed by atoms with Crippen molar-refractivity contribution in [3.8, 4) is 11.4 Å². The van der Waals surface area contributed by atoms with Crippen LogP contribution in [0, 0.1) is 5.92 Å². The van der Waals surface area contributed by atoms with Crippen LogP contribution < -0.4 is 5.73 Å². The van der Waals surface area contributed by atoms with Gasteiger partial charge in [-0.25, -0.2) is 0 Å². The van der Waals surface area contributed by atoms with Crippen molar-refractivity contribution in [1.29, 1.82) is 0 Å². The second-order valence-electron chi connectivity index (χ2n) is 5.85. The van der Waals surface area contributed by atoms with Crippen LogP contribution in [0.25, 0.3) is 11.4 Å². The topological polar surface area (TPSA) is 68.2 Å². The van der Waals surface area contributed by atoms with Crippen molar-refractivity contribution >= 4 is 12.4 Å². The highest BCUT2D eigenvalue weighted by Crippen LogP contribution is 2.21. The minimum absolute atomic E-state index is 0. The van der Waals surface area contributed by atoms with Crippen molar-refractivity contribution in [2.24, 2.45) is 11.7 Å². The van der Waals surface area contributed by atoms with E-state index in [-0.39, 0.29) is 12.4 Å². The second kappa shape index (κ2) is 7.72. The molecule has 0 aliphatic carbocycles. The number of hydrogen-bond acceptors (Lipinski definition) is 5. The molecule has 2 N–H and O–H groups in total. The normalized spacial score (nSPS) is 17.9. The molecule has 5 nitrogen and oxygen atoms in total. The predicted molar refractivity (Wildman–Crippen MR) is 88.6 cm³/mol. The molecule has 1 aliphatic rings. The third-order valence-electron chi connectivity index (χ3n) is 4.23. The number of hydrogen-bond donors (Lipinski definition) is 1. The van der Waals surface area contributed by atoms with E-state index in [1.165, 1.54) is 0 Å². The number of aromatic nitrogens is 2. The SMILES string of the molecule is CC(N)C1CCN(Cc2nc(-c3ccccc3)no2)CC1.Cl. The monoisotopic (exact) mass is 322 g/mol. The highest BCUT2D eigenvalue weighted by molar-refractivity contribution is 5.85. The molecule has 0 saturated carbocycles. The lowest BCUT2D eigenvalue weighted by Crippen LogP contribution is -2.39. The Bertz CT molecular complexity index is 565. The summed E-state index contributed by atoms with van der Waals surface area (Å²) in [7, 11) is 0. The number of likely N-dealkylation sites (tertiary alicyclic amines) is 1. The van der Waals surface area contributed by atoms with Gasteiger partial charge in [-0.15, -0.1) is 12.4 Å². The molecule has 1 aliphatic heterocycles. The van der Waals surface area contributed by atoms with Crippen molar-refractivity contribution in [3.05, 3.63) is 36.2 Å². The van der Waals surface area contributed by atoms with Gasteiger partial charge in [0.15, 0.2) is 0 Å². The fraction of sp³-hybridized carbons (Fsp3) is 0.500. The van der Waals surface area contributed by atoms with Crippen LogP contribution in [0.15, 0.2) is 34.9 Å². The fourth-order valence-corrected chi connectivity index (χ4v) is 2.85. The summed E-state index contributed by atoms with van der Waals surface area (Å²) in [4.78, 5) is 6.85. The standard InChI is InChI=1S/C16H22N4O.ClH/c1-12(17)13-7-9-20(10-8-13)11-15-18-16(19-21-15)14-5-3-2-4-6-14;/h2-6,12-13H,7-11,17H2,1H3;1H. The van der Waals surface area contributed by atoms with Crippen LogP contribution in [0.3, 0.4) is 0 Å². The van der Waals surface area contributed by atoms with E-state index < -0.39 is 0 Å². The number of nitrogens with zero attached hydrogens (tertiary/aromatic N) is 3. The molecule has 6 heteroatoms. The van der Waals surface area contributed by atoms with Gasteiger partial charge < -0.3 is 10.3 Å². The van der Waals surface area contributed by atoms with Crippen molar-refractivity contribution < 1.29 is 4.52 Å². The zero-order valence-corrected chi connectivity index (χ0v) is 13.6. The van der Waals surface area contributed by atoms with Crippen LogP contribution >= 0.6 is 12.4 Å². The summed E-state index contributed by atoms with van der Waals surface area (Å²) in [5.74, 6) is 1.99. The van der Waals surface area contributed by atoms with Gasteiger partial charge in [-0.3, -0.25) is 4.90 Å². The second-order valence-corrected chi connectivity index (χ2v) is 5.85. The quantitative estimate of drug-likeness (QED) is 0.937. The lowest BCUT2D eigenvalue weighted by atomic mass is 9.91. The Morgan fingerprint density at radius 1 is 1.27 bits per heavy atom. The van der Waals surface area contributed by atoms with Gasteiger partial charge in [0.2, 0.25) is 11.7 Å². The molecule has 1 saturated heterocycles. The van der Waals surface area contributed by atoms with Crippen LogP contribution in [-0.2, 0) is 6.54 Å². The first-order valence-corrected chi connectivity index (χ1v) is 7.58. The highest BCUT2D eigenvalue weighted by atomic mass is 35.5. The molecule has 1 fully saturated rings. The zero-order chi connectivity index (χ0) is 14.7. The summed E-state index contributed by atoms with van der Waals surface area (Å²) in [5, 5.41) is 4.06. The highest BCUT2D eigenvalue weighted by Gasteiger charge is 2.23. The smallest absolute Gasteiger partial charge is 0.241 e. The minimum atomic E-state index is 0. The van der Waals surface area contributed by atoms with Crippen LogP contribution in [0.4, 0.5) is 0 Å². The van der Waals surface area contributed by atoms with Crippen molar-refractivity contribution in [2.75, 3.05) is 13.1 Å². The Hall–Kier alpha value is -1.43. The zero-order valence-electron chi connectivity index (χ0n) is 12.8. The molecule has 1 unspecified atom stereocenters. The molecule has 0 amide bonds. The molecule has 0 spiro atoms. The molecule has 0 radical (unpaired) electrons. The molecule has 1 aromatic carbocycles. The Morgan fingerprint density at radius 2 is 1.95 bits per heavy atom. The van der Waals surface area contributed by atoms with E-state index in [9.17, 15) is 0 Å². The van der Waals surface area contributed by atoms with Gasteiger partial charge in [0, 0.05) is 11.6 Å². The summed E-state index contributed by atoms with van der Waals surface area (Å²) in [6.07, 6.45) is 2.30. The Kier molecular flexibility index (Phi) is 5.94. The molecule has 1 atom stereocenters. The lowest BCUT2D eigenvalue weighted by molar-refractivity contribution is 0.150. The Balaban J connectivity index is 0.00000176. The maximum Gasteiger partial charge on any atom is 0.241 e. The van der Waals surface area contributed by atoms with E-state index in [0.29, 0.717) is 23.7 Å².